The van der Waals surface area contributed by atoms with Crippen molar-refractivity contribution in [1.82, 2.24) is 0 Å². The minimum atomic E-state index is -0.991. The molecule has 120 valence electrons. The zero-order chi connectivity index (χ0) is 16.4. The highest BCUT2D eigenvalue weighted by molar-refractivity contribution is 9.10. The van der Waals surface area contributed by atoms with Gasteiger partial charge in [-0.25, -0.2) is 4.79 Å². The number of halogens is 2. The molecule has 0 bridgehead atoms. The van der Waals surface area contributed by atoms with Crippen molar-refractivity contribution in [3.05, 3.63) is 51.5 Å². The second-order valence-electron chi connectivity index (χ2n) is 5.49. The molecule has 1 fully saturated rings. The van der Waals surface area contributed by atoms with Gasteiger partial charge in [-0.3, -0.25) is 0 Å². The number of carboxylic acids is 1. The van der Waals surface area contributed by atoms with Gasteiger partial charge in [-0.15, -0.1) is 0 Å². The maximum absolute atomic E-state index is 11.3. The summed E-state index contributed by atoms with van der Waals surface area (Å²) in [5, 5.41) is 12.9. The van der Waals surface area contributed by atoms with Gasteiger partial charge in [0.2, 0.25) is 0 Å². The van der Waals surface area contributed by atoms with E-state index in [1.54, 1.807) is 30.3 Å². The Morgan fingerprint density at radius 3 is 2.74 bits per heavy atom. The average molecular weight is 397 g/mol. The molecule has 3 rings (SSSR count). The van der Waals surface area contributed by atoms with E-state index in [1.807, 2.05) is 6.07 Å². The van der Waals surface area contributed by atoms with E-state index in [0.717, 1.165) is 4.47 Å². The Balaban J connectivity index is 1.93. The first-order chi connectivity index (χ1) is 11.0. The molecule has 1 saturated carbocycles. The van der Waals surface area contributed by atoms with E-state index >= 15 is 0 Å². The Hall–Kier alpha value is -1.72. The standard InChI is InChI=1S/C17H15BrClNO3/c18-11-7-13(19)16(23-9-10-5-6-10)15(8-11)20-14-4-2-1-3-12(14)17(21)22/h1-4,7-8,10,20H,5-6,9H2,(H,21,22). The molecule has 0 amide bonds. The highest BCUT2D eigenvalue weighted by atomic mass is 79.9. The lowest BCUT2D eigenvalue weighted by Crippen LogP contribution is -2.05. The lowest BCUT2D eigenvalue weighted by molar-refractivity contribution is 0.0698. The number of benzene rings is 2. The van der Waals surface area contributed by atoms with Crippen LogP contribution in [0.2, 0.25) is 5.02 Å². The molecule has 0 radical (unpaired) electrons. The van der Waals surface area contributed by atoms with Crippen LogP contribution < -0.4 is 10.1 Å². The number of carbonyl (C=O) groups is 1. The lowest BCUT2D eigenvalue weighted by atomic mass is 10.1. The number of ether oxygens (including phenoxy) is 1. The Bertz CT molecular complexity index is 747. The van der Waals surface area contributed by atoms with Gasteiger partial charge in [-0.05, 0) is 43.0 Å². The quantitative estimate of drug-likeness (QED) is 0.692. The minimum absolute atomic E-state index is 0.191. The maximum atomic E-state index is 11.3. The van der Waals surface area contributed by atoms with Gasteiger partial charge in [0.15, 0.2) is 5.75 Å². The molecule has 0 aromatic heterocycles. The highest BCUT2D eigenvalue weighted by Gasteiger charge is 2.23. The number of nitrogens with one attached hydrogen (secondary N) is 1. The zero-order valence-corrected chi connectivity index (χ0v) is 14.5. The van der Waals surface area contributed by atoms with Crippen molar-refractivity contribution in [3.8, 4) is 5.75 Å². The van der Waals surface area contributed by atoms with Crippen LogP contribution in [0.15, 0.2) is 40.9 Å². The van der Waals surface area contributed by atoms with E-state index < -0.39 is 5.97 Å². The molecule has 2 aromatic carbocycles. The number of aromatic carboxylic acids is 1. The molecule has 6 heteroatoms. The first-order valence-corrected chi connectivity index (χ1v) is 8.43. The Morgan fingerprint density at radius 2 is 2.04 bits per heavy atom. The molecule has 0 atom stereocenters. The number of rotatable bonds is 6. The lowest BCUT2D eigenvalue weighted by Gasteiger charge is -2.16. The molecule has 2 N–H and O–H groups in total. The van der Waals surface area contributed by atoms with Gasteiger partial charge in [0.05, 0.1) is 28.6 Å². The van der Waals surface area contributed by atoms with E-state index in [9.17, 15) is 9.90 Å². The monoisotopic (exact) mass is 395 g/mol. The molecular formula is C17H15BrClNO3. The van der Waals surface area contributed by atoms with Crippen LogP contribution in [0.1, 0.15) is 23.2 Å². The second-order valence-corrected chi connectivity index (χ2v) is 6.82. The molecule has 0 spiro atoms. The third-order valence-electron chi connectivity index (χ3n) is 3.60. The summed E-state index contributed by atoms with van der Waals surface area (Å²) in [5.41, 5.74) is 1.32. The van der Waals surface area contributed by atoms with Crippen LogP contribution >= 0.6 is 27.5 Å². The van der Waals surface area contributed by atoms with Gasteiger partial charge >= 0.3 is 5.97 Å². The van der Waals surface area contributed by atoms with Crippen molar-refractivity contribution < 1.29 is 14.6 Å². The van der Waals surface area contributed by atoms with Crippen LogP contribution in [0.3, 0.4) is 0 Å². The summed E-state index contributed by atoms with van der Waals surface area (Å²) in [6, 6.07) is 10.3. The Morgan fingerprint density at radius 1 is 1.30 bits per heavy atom. The number of carboxylic acid groups (broad SMARTS) is 1. The molecule has 1 aliphatic carbocycles. The van der Waals surface area contributed by atoms with Gasteiger partial charge in [-0.2, -0.15) is 0 Å². The van der Waals surface area contributed by atoms with Crippen molar-refractivity contribution in [2.75, 3.05) is 11.9 Å². The topological polar surface area (TPSA) is 58.6 Å². The number of para-hydroxylation sites is 1. The normalized spacial score (nSPS) is 13.7. The smallest absolute Gasteiger partial charge is 0.337 e. The van der Waals surface area contributed by atoms with Crippen molar-refractivity contribution in [2.45, 2.75) is 12.8 Å². The third-order valence-corrected chi connectivity index (χ3v) is 4.33. The fraction of sp³-hybridized carbons (Fsp3) is 0.235. The first-order valence-electron chi connectivity index (χ1n) is 7.26. The molecule has 1 aliphatic rings. The Kier molecular flexibility index (Phi) is 4.78. The van der Waals surface area contributed by atoms with E-state index in [2.05, 4.69) is 21.2 Å². The van der Waals surface area contributed by atoms with Gasteiger partial charge in [-0.1, -0.05) is 39.7 Å². The second kappa shape index (κ2) is 6.81. The summed E-state index contributed by atoms with van der Waals surface area (Å²) in [7, 11) is 0. The molecule has 23 heavy (non-hydrogen) atoms. The van der Waals surface area contributed by atoms with Crippen LogP contribution in [-0.4, -0.2) is 17.7 Å². The van der Waals surface area contributed by atoms with Crippen LogP contribution in [0, 0.1) is 5.92 Å². The molecule has 4 nitrogen and oxygen atoms in total. The summed E-state index contributed by atoms with van der Waals surface area (Å²) in [6.45, 7) is 0.622. The van der Waals surface area contributed by atoms with E-state index in [-0.39, 0.29) is 5.56 Å². The fourth-order valence-electron chi connectivity index (χ4n) is 2.21. The van der Waals surface area contributed by atoms with Gasteiger partial charge in [0, 0.05) is 4.47 Å². The largest absolute Gasteiger partial charge is 0.490 e. The Labute approximate surface area is 147 Å². The number of anilines is 2. The van der Waals surface area contributed by atoms with Crippen LogP contribution in [-0.2, 0) is 0 Å². The van der Waals surface area contributed by atoms with Crippen LogP contribution in [0.5, 0.6) is 5.75 Å². The number of hydrogen-bond donors (Lipinski definition) is 2. The summed E-state index contributed by atoms with van der Waals surface area (Å²) in [5.74, 6) is 0.144. The van der Waals surface area contributed by atoms with Crippen molar-refractivity contribution in [2.24, 2.45) is 5.92 Å². The zero-order valence-electron chi connectivity index (χ0n) is 12.2. The molecule has 0 saturated heterocycles. The predicted octanol–water partition coefficient (Wildman–Crippen LogP) is 5.33. The average Bonchev–Trinajstić information content (AvgIpc) is 3.31. The minimum Gasteiger partial charge on any atom is -0.490 e. The van der Waals surface area contributed by atoms with Crippen molar-refractivity contribution in [1.29, 1.82) is 0 Å². The van der Waals surface area contributed by atoms with Crippen molar-refractivity contribution >= 4 is 44.9 Å². The molecule has 0 aliphatic heterocycles. The van der Waals surface area contributed by atoms with Crippen LogP contribution in [0.4, 0.5) is 11.4 Å². The highest BCUT2D eigenvalue weighted by Crippen LogP contribution is 2.40. The summed E-state index contributed by atoms with van der Waals surface area (Å²) >= 11 is 9.70. The van der Waals surface area contributed by atoms with Crippen molar-refractivity contribution in [3.63, 3.8) is 0 Å². The van der Waals surface area contributed by atoms with E-state index in [1.165, 1.54) is 12.8 Å². The maximum Gasteiger partial charge on any atom is 0.337 e. The first kappa shape index (κ1) is 16.1. The van der Waals surface area contributed by atoms with Gasteiger partial charge in [0.1, 0.15) is 0 Å². The summed E-state index contributed by atoms with van der Waals surface area (Å²) in [4.78, 5) is 11.3. The predicted molar refractivity (Wildman–Crippen MR) is 94.1 cm³/mol. The third kappa shape index (κ3) is 3.98. The summed E-state index contributed by atoms with van der Waals surface area (Å²) in [6.07, 6.45) is 2.36. The number of hydrogen-bond acceptors (Lipinski definition) is 3. The molecule has 2 aromatic rings. The summed E-state index contributed by atoms with van der Waals surface area (Å²) < 4.78 is 6.65. The SMILES string of the molecule is O=C(O)c1ccccc1Nc1cc(Br)cc(Cl)c1OCC1CC1. The fourth-order valence-corrected chi connectivity index (χ4v) is 3.07. The van der Waals surface area contributed by atoms with Crippen LogP contribution in [0.25, 0.3) is 0 Å². The molecule has 0 heterocycles. The van der Waals surface area contributed by atoms with E-state index in [4.69, 9.17) is 16.3 Å². The van der Waals surface area contributed by atoms with E-state index in [0.29, 0.717) is 34.7 Å². The van der Waals surface area contributed by atoms with Gasteiger partial charge < -0.3 is 15.2 Å². The molecular weight excluding hydrogens is 382 g/mol. The van der Waals surface area contributed by atoms with Gasteiger partial charge in [0.25, 0.3) is 0 Å². The molecule has 0 unspecified atom stereocenters.